The molecule has 0 amide bonds. The van der Waals surface area contributed by atoms with Crippen LogP contribution in [-0.2, 0) is 26.2 Å². The molecule has 10 heteroatoms. The van der Waals surface area contributed by atoms with E-state index in [1.807, 2.05) is 6.92 Å². The van der Waals surface area contributed by atoms with Gasteiger partial charge in [0.2, 0.25) is 10.0 Å². The summed E-state index contributed by atoms with van der Waals surface area (Å²) in [7, 11) is -3.81. The Hall–Kier alpha value is -2.43. The quantitative estimate of drug-likeness (QED) is 0.687. The highest BCUT2D eigenvalue weighted by Crippen LogP contribution is 2.51. The van der Waals surface area contributed by atoms with Crippen LogP contribution in [0.25, 0.3) is 10.8 Å². The van der Waals surface area contributed by atoms with Crippen molar-refractivity contribution >= 4 is 27.0 Å². The number of aromatic nitrogens is 1. The Morgan fingerprint density at radius 2 is 2.00 bits per heavy atom. The first-order chi connectivity index (χ1) is 14.3. The molecular weight excluding hydrogens is 410 g/mol. The minimum atomic E-state index is -3.81. The van der Waals surface area contributed by atoms with Crippen LogP contribution in [0.4, 0.5) is 4.79 Å². The van der Waals surface area contributed by atoms with E-state index in [2.05, 4.69) is 0 Å². The number of carbonyl (C=O) groups excluding carboxylic acids is 1. The third-order valence-electron chi connectivity index (χ3n) is 5.88. The molecule has 2 aromatic rings. The van der Waals surface area contributed by atoms with Crippen LogP contribution in [0.5, 0.6) is 0 Å². The van der Waals surface area contributed by atoms with Crippen molar-refractivity contribution in [3.63, 3.8) is 0 Å². The molecule has 1 atom stereocenters. The molecule has 9 nitrogen and oxygen atoms in total. The Balaban J connectivity index is 1.66. The highest BCUT2D eigenvalue weighted by atomic mass is 32.2. The predicted octanol–water partition coefficient (Wildman–Crippen LogP) is 1.78. The molecule has 1 saturated carbocycles. The molecule has 2 heterocycles. The van der Waals surface area contributed by atoms with Gasteiger partial charge in [-0.05, 0) is 43.9 Å². The Labute approximate surface area is 174 Å². The average Bonchev–Trinajstić information content (AvgIpc) is 3.45. The number of hydrogen-bond donors (Lipinski definition) is 1. The summed E-state index contributed by atoms with van der Waals surface area (Å²) in [5.41, 5.74) is 5.24. The number of sulfonamides is 1. The highest BCUT2D eigenvalue weighted by Gasteiger charge is 2.60. The Kier molecular flexibility index (Phi) is 5.33. The summed E-state index contributed by atoms with van der Waals surface area (Å²) in [5.74, 6) is 0. The maximum Gasteiger partial charge on any atom is 0.510 e. The standard InChI is InChI=1S/C20H25N3O6S/c1-2-12-28-19(25)29-13-22-10-6-14-15(18(22)24)4-3-5-16(14)30(26,27)23-11-7-17(21)20(23)8-9-20/h3-6,10,17H,2,7-9,11-13,21H2,1H3/t17-/m1/s1. The second-order valence-corrected chi connectivity index (χ2v) is 9.59. The van der Waals surface area contributed by atoms with Crippen LogP contribution in [0.1, 0.15) is 32.6 Å². The van der Waals surface area contributed by atoms with Crippen molar-refractivity contribution in [1.82, 2.24) is 8.87 Å². The van der Waals surface area contributed by atoms with Crippen molar-refractivity contribution < 1.29 is 22.7 Å². The van der Waals surface area contributed by atoms with E-state index in [9.17, 15) is 18.0 Å². The van der Waals surface area contributed by atoms with Crippen LogP contribution in [0.2, 0.25) is 0 Å². The van der Waals surface area contributed by atoms with Crippen LogP contribution in [-0.4, -0.2) is 48.2 Å². The number of ether oxygens (including phenoxy) is 2. The van der Waals surface area contributed by atoms with E-state index in [1.165, 1.54) is 21.1 Å². The zero-order valence-corrected chi connectivity index (χ0v) is 17.6. The predicted molar refractivity (Wildman–Crippen MR) is 109 cm³/mol. The SMILES string of the molecule is CCCOC(=O)OCn1ccc2c(S(=O)(=O)N3CC[C@@H](N)C34CC4)cccc2c1=O. The van der Waals surface area contributed by atoms with Crippen molar-refractivity contribution in [2.24, 2.45) is 5.73 Å². The van der Waals surface area contributed by atoms with Gasteiger partial charge in [0, 0.05) is 29.6 Å². The number of carbonyl (C=O) groups is 1. The molecule has 1 aliphatic heterocycles. The van der Waals surface area contributed by atoms with Crippen LogP contribution in [0.3, 0.4) is 0 Å². The second-order valence-electron chi connectivity index (χ2n) is 7.76. The lowest BCUT2D eigenvalue weighted by atomic mass is 10.1. The molecule has 1 aromatic heterocycles. The number of benzene rings is 1. The van der Waals surface area contributed by atoms with E-state index in [0.717, 1.165) is 12.8 Å². The number of nitrogens with zero attached hydrogens (tertiary/aromatic N) is 2. The molecule has 1 spiro atoms. The normalized spacial score (nSPS) is 20.5. The molecule has 1 aliphatic carbocycles. The van der Waals surface area contributed by atoms with Gasteiger partial charge in [0.25, 0.3) is 5.56 Å². The molecular formula is C20H25N3O6S. The summed E-state index contributed by atoms with van der Waals surface area (Å²) >= 11 is 0. The fourth-order valence-corrected chi connectivity index (χ4v) is 6.21. The number of pyridine rings is 1. The van der Waals surface area contributed by atoms with Gasteiger partial charge in [-0.15, -0.1) is 0 Å². The summed E-state index contributed by atoms with van der Waals surface area (Å²) in [6.45, 7) is 2.14. The van der Waals surface area contributed by atoms with E-state index in [-0.39, 0.29) is 29.7 Å². The lowest BCUT2D eigenvalue weighted by molar-refractivity contribution is 0.0331. The maximum absolute atomic E-state index is 13.4. The fourth-order valence-electron chi connectivity index (χ4n) is 4.12. The van der Waals surface area contributed by atoms with Gasteiger partial charge in [-0.25, -0.2) is 13.2 Å². The van der Waals surface area contributed by atoms with Gasteiger partial charge in [-0.3, -0.25) is 9.36 Å². The van der Waals surface area contributed by atoms with Gasteiger partial charge in [0.15, 0.2) is 6.73 Å². The molecule has 0 bridgehead atoms. The van der Waals surface area contributed by atoms with Gasteiger partial charge in [0.05, 0.1) is 17.0 Å². The first kappa shape index (κ1) is 20.8. The topological polar surface area (TPSA) is 121 Å². The van der Waals surface area contributed by atoms with Crippen LogP contribution in [0.15, 0.2) is 40.2 Å². The maximum atomic E-state index is 13.4. The highest BCUT2D eigenvalue weighted by molar-refractivity contribution is 7.89. The van der Waals surface area contributed by atoms with E-state index in [1.54, 1.807) is 18.2 Å². The third kappa shape index (κ3) is 3.38. The van der Waals surface area contributed by atoms with E-state index < -0.39 is 27.3 Å². The van der Waals surface area contributed by atoms with Crippen molar-refractivity contribution in [2.45, 2.75) is 55.8 Å². The molecule has 162 valence electrons. The molecule has 2 N–H and O–H groups in total. The average molecular weight is 436 g/mol. The Morgan fingerprint density at radius 1 is 1.23 bits per heavy atom. The van der Waals surface area contributed by atoms with Crippen LogP contribution in [0, 0.1) is 0 Å². The Morgan fingerprint density at radius 3 is 2.70 bits per heavy atom. The molecule has 1 aromatic carbocycles. The number of nitrogens with two attached hydrogens (primary N) is 1. The van der Waals surface area contributed by atoms with E-state index in [0.29, 0.717) is 24.8 Å². The number of rotatable bonds is 6. The molecule has 2 aliphatic rings. The molecule has 2 fully saturated rings. The van der Waals surface area contributed by atoms with Crippen molar-refractivity contribution in [3.8, 4) is 0 Å². The molecule has 4 rings (SSSR count). The van der Waals surface area contributed by atoms with Crippen molar-refractivity contribution in [1.29, 1.82) is 0 Å². The lowest BCUT2D eigenvalue weighted by Gasteiger charge is -2.26. The molecule has 1 saturated heterocycles. The van der Waals surface area contributed by atoms with Crippen molar-refractivity contribution in [2.75, 3.05) is 13.2 Å². The first-order valence-corrected chi connectivity index (χ1v) is 11.5. The van der Waals surface area contributed by atoms with Crippen LogP contribution >= 0.6 is 0 Å². The van der Waals surface area contributed by atoms with Gasteiger partial charge < -0.3 is 15.2 Å². The van der Waals surface area contributed by atoms with Gasteiger partial charge >= 0.3 is 6.16 Å². The third-order valence-corrected chi connectivity index (χ3v) is 7.92. The largest absolute Gasteiger partial charge is 0.510 e. The summed E-state index contributed by atoms with van der Waals surface area (Å²) in [4.78, 5) is 24.5. The monoisotopic (exact) mass is 435 g/mol. The van der Waals surface area contributed by atoms with Gasteiger partial charge in [-0.1, -0.05) is 13.0 Å². The molecule has 0 radical (unpaired) electrons. The van der Waals surface area contributed by atoms with Crippen LogP contribution < -0.4 is 11.3 Å². The second kappa shape index (κ2) is 7.68. The smallest absolute Gasteiger partial charge is 0.434 e. The summed E-state index contributed by atoms with van der Waals surface area (Å²) in [6.07, 6.45) is 3.36. The number of hydrogen-bond acceptors (Lipinski definition) is 7. The minimum absolute atomic E-state index is 0.0906. The summed E-state index contributed by atoms with van der Waals surface area (Å²) in [6, 6.07) is 6.02. The summed E-state index contributed by atoms with van der Waals surface area (Å²) in [5, 5.41) is 0.570. The van der Waals surface area contributed by atoms with E-state index >= 15 is 0 Å². The van der Waals surface area contributed by atoms with Gasteiger partial charge in [0.1, 0.15) is 0 Å². The van der Waals surface area contributed by atoms with E-state index in [4.69, 9.17) is 15.2 Å². The fraction of sp³-hybridized carbons (Fsp3) is 0.500. The molecule has 30 heavy (non-hydrogen) atoms. The first-order valence-electron chi connectivity index (χ1n) is 10.0. The minimum Gasteiger partial charge on any atom is -0.434 e. The zero-order valence-electron chi connectivity index (χ0n) is 16.7. The summed E-state index contributed by atoms with van der Waals surface area (Å²) < 4.78 is 39.4. The van der Waals surface area contributed by atoms with Gasteiger partial charge in [-0.2, -0.15) is 4.31 Å². The lowest BCUT2D eigenvalue weighted by Crippen LogP contribution is -2.44. The molecule has 0 unspecified atom stereocenters. The Bertz CT molecular complexity index is 1140. The zero-order chi connectivity index (χ0) is 21.5. The van der Waals surface area contributed by atoms with Crippen molar-refractivity contribution in [3.05, 3.63) is 40.8 Å². The number of fused-ring (bicyclic) bond motifs is 1.